The van der Waals surface area contributed by atoms with Gasteiger partial charge in [-0.3, -0.25) is 14.5 Å². The zero-order valence-corrected chi connectivity index (χ0v) is 33.0. The Labute approximate surface area is 328 Å². The lowest BCUT2D eigenvalue weighted by atomic mass is 9.95. The number of hydrogen-bond acceptors (Lipinski definition) is 9. The Morgan fingerprint density at radius 1 is 0.855 bits per heavy atom. The van der Waals surface area contributed by atoms with Crippen LogP contribution in [0.4, 0.5) is 16.3 Å². The highest BCUT2D eigenvalue weighted by molar-refractivity contribution is 7.99. The van der Waals surface area contributed by atoms with E-state index in [0.717, 1.165) is 68.2 Å². The van der Waals surface area contributed by atoms with Gasteiger partial charge in [-0.1, -0.05) is 48.0 Å². The molecule has 5 heterocycles. The summed E-state index contributed by atoms with van der Waals surface area (Å²) in [6.07, 6.45) is 6.77. The van der Waals surface area contributed by atoms with E-state index in [4.69, 9.17) is 4.74 Å². The van der Waals surface area contributed by atoms with Gasteiger partial charge in [0, 0.05) is 69.7 Å². The predicted molar refractivity (Wildman–Crippen MR) is 217 cm³/mol. The van der Waals surface area contributed by atoms with Gasteiger partial charge < -0.3 is 24.5 Å². The van der Waals surface area contributed by atoms with E-state index in [-0.39, 0.29) is 18.4 Å². The van der Waals surface area contributed by atoms with Gasteiger partial charge in [0.15, 0.2) is 0 Å². The Morgan fingerprint density at radius 2 is 1.64 bits per heavy atom. The van der Waals surface area contributed by atoms with Gasteiger partial charge >= 0.3 is 6.09 Å². The average molecular weight is 765 g/mol. The summed E-state index contributed by atoms with van der Waals surface area (Å²) in [6.45, 7) is 11.6. The number of benzene rings is 2. The number of aryl methyl sites for hydroxylation is 4. The molecule has 0 radical (unpaired) electrons. The molecule has 4 aromatic rings. The molecule has 3 aliphatic heterocycles. The Kier molecular flexibility index (Phi) is 13.8. The Morgan fingerprint density at radius 3 is 2.35 bits per heavy atom. The number of carbonyl (C=O) groups is 3. The van der Waals surface area contributed by atoms with Crippen LogP contribution in [0.2, 0.25) is 0 Å². The Bertz CT molecular complexity index is 1930. The number of carbonyl (C=O) groups excluding carboxylic acids is 3. The van der Waals surface area contributed by atoms with E-state index in [9.17, 15) is 19.5 Å². The summed E-state index contributed by atoms with van der Waals surface area (Å²) < 4.78 is 4.96. The van der Waals surface area contributed by atoms with Crippen molar-refractivity contribution in [3.05, 3.63) is 113 Å². The smallest absolute Gasteiger partial charge is 0.415 e. The second-order valence-electron chi connectivity index (χ2n) is 14.4. The van der Waals surface area contributed by atoms with Crippen LogP contribution in [0.1, 0.15) is 62.2 Å². The fourth-order valence-electron chi connectivity index (χ4n) is 7.41. The van der Waals surface area contributed by atoms with Crippen LogP contribution < -0.4 is 9.80 Å². The van der Waals surface area contributed by atoms with Crippen LogP contribution in [-0.4, -0.2) is 108 Å². The highest BCUT2D eigenvalue weighted by Crippen LogP contribution is 2.27. The molecule has 290 valence electrons. The highest BCUT2D eigenvalue weighted by atomic mass is 32.2. The number of likely N-dealkylation sites (tertiary alicyclic amines) is 1. The van der Waals surface area contributed by atoms with Crippen molar-refractivity contribution in [2.24, 2.45) is 5.92 Å². The van der Waals surface area contributed by atoms with Gasteiger partial charge in [-0.2, -0.15) is 0 Å². The van der Waals surface area contributed by atoms with Gasteiger partial charge in [-0.25, -0.2) is 14.8 Å². The number of nitrogens with zero attached hydrogens (tertiary/aromatic N) is 6. The molecule has 2 aromatic carbocycles. The molecule has 1 N–H and O–H groups in total. The van der Waals surface area contributed by atoms with Crippen molar-refractivity contribution < 1.29 is 24.2 Å². The number of anilines is 2. The third-order valence-corrected chi connectivity index (χ3v) is 11.4. The molecule has 55 heavy (non-hydrogen) atoms. The van der Waals surface area contributed by atoms with E-state index >= 15 is 0 Å². The second-order valence-corrected chi connectivity index (χ2v) is 15.5. The summed E-state index contributed by atoms with van der Waals surface area (Å²) >= 11 is 1.65. The lowest BCUT2D eigenvalue weighted by Gasteiger charge is -2.37. The predicted octanol–water partition coefficient (Wildman–Crippen LogP) is 6.58. The van der Waals surface area contributed by atoms with Crippen molar-refractivity contribution in [2.45, 2.75) is 51.5 Å². The van der Waals surface area contributed by atoms with Gasteiger partial charge in [0.05, 0.1) is 17.7 Å². The maximum atomic E-state index is 13.0. The highest BCUT2D eigenvalue weighted by Gasteiger charge is 2.28. The van der Waals surface area contributed by atoms with E-state index in [2.05, 4.69) is 71.2 Å². The zero-order valence-electron chi connectivity index (χ0n) is 32.2. The number of cyclic esters (lactones) is 1. The monoisotopic (exact) mass is 764 g/mol. The van der Waals surface area contributed by atoms with Crippen LogP contribution in [0, 0.1) is 26.7 Å². The van der Waals surface area contributed by atoms with Crippen LogP contribution in [0.15, 0.2) is 84.1 Å². The first kappa shape index (κ1) is 39.7. The number of amides is 3. The molecular formula is C43H52N6O5S. The first-order chi connectivity index (χ1) is 26.7. The van der Waals surface area contributed by atoms with Gasteiger partial charge in [-0.15, -0.1) is 11.8 Å². The van der Waals surface area contributed by atoms with E-state index in [0.29, 0.717) is 49.1 Å². The molecule has 1 atom stereocenters. The molecule has 11 nitrogen and oxygen atoms in total. The number of aromatic nitrogens is 2. The summed E-state index contributed by atoms with van der Waals surface area (Å²) in [5.41, 5.74) is 7.16. The number of aliphatic hydroxyl groups is 1. The molecular weight excluding hydrogens is 713 g/mol. The number of ether oxygens (including phenoxy) is 1. The van der Waals surface area contributed by atoms with Crippen molar-refractivity contribution in [3.63, 3.8) is 0 Å². The first-order valence-corrected chi connectivity index (χ1v) is 20.2. The number of hydrogen-bond donors (Lipinski definition) is 1. The maximum Gasteiger partial charge on any atom is 0.415 e. The summed E-state index contributed by atoms with van der Waals surface area (Å²) in [5, 5.41) is 10.00. The van der Waals surface area contributed by atoms with Crippen LogP contribution in [-0.2, 0) is 11.2 Å². The number of thioether (sulfide) groups is 1. The quantitative estimate of drug-likeness (QED) is 0.179. The molecule has 3 fully saturated rings. The topological polar surface area (TPSA) is 119 Å². The van der Waals surface area contributed by atoms with Gasteiger partial charge in [0.2, 0.25) is 0 Å². The second kappa shape index (κ2) is 19.1. The van der Waals surface area contributed by atoms with E-state index < -0.39 is 6.09 Å². The maximum absolute atomic E-state index is 13.0. The lowest BCUT2D eigenvalue weighted by molar-refractivity contribution is 0.0649. The van der Waals surface area contributed by atoms with Crippen molar-refractivity contribution in [2.75, 3.05) is 74.6 Å². The molecule has 0 saturated carbocycles. The molecule has 3 aliphatic rings. The van der Waals surface area contributed by atoms with Crippen LogP contribution in [0.5, 0.6) is 0 Å². The fraction of sp³-hybridized carbons (Fsp3) is 0.419. The normalized spacial score (nSPS) is 17.1. The van der Waals surface area contributed by atoms with Gasteiger partial charge in [0.1, 0.15) is 17.5 Å². The summed E-state index contributed by atoms with van der Waals surface area (Å²) in [7, 11) is 0. The molecule has 1 unspecified atom stereocenters. The van der Waals surface area contributed by atoms with Crippen molar-refractivity contribution in [1.29, 1.82) is 0 Å². The molecule has 0 spiro atoms. The molecule has 2 aromatic heterocycles. The minimum atomic E-state index is -0.390. The van der Waals surface area contributed by atoms with Crippen LogP contribution >= 0.6 is 11.8 Å². The summed E-state index contributed by atoms with van der Waals surface area (Å²) in [4.78, 5) is 54.2. The molecule has 7 rings (SSSR count). The largest absolute Gasteiger partial charge is 0.447 e. The van der Waals surface area contributed by atoms with Crippen molar-refractivity contribution >= 4 is 41.2 Å². The number of aliphatic hydroxyl groups excluding tert-OH is 1. The van der Waals surface area contributed by atoms with E-state index in [1.54, 1.807) is 30.2 Å². The van der Waals surface area contributed by atoms with E-state index in [1.165, 1.54) is 27.3 Å². The molecule has 0 bridgehead atoms. The SMILES string of the molecule is Cc1ccc(N2CCN(C(=O)c3cnc(N4CCOC4=O)cc3C)CC2)c(C)c1.O=C(c1cccnc1SCCc1ccccc1)N1CCCC(CCO)C1. The van der Waals surface area contributed by atoms with Crippen molar-refractivity contribution in [1.82, 2.24) is 19.8 Å². The van der Waals surface area contributed by atoms with Crippen LogP contribution in [0.3, 0.4) is 0 Å². The third-order valence-electron chi connectivity index (χ3n) is 10.4. The zero-order chi connectivity index (χ0) is 38.7. The Balaban J connectivity index is 0.000000188. The number of rotatable bonds is 10. The minimum Gasteiger partial charge on any atom is -0.447 e. The average Bonchev–Trinajstić information content (AvgIpc) is 3.64. The summed E-state index contributed by atoms with van der Waals surface area (Å²) in [5.74, 6) is 1.90. The fourth-order valence-corrected chi connectivity index (χ4v) is 8.39. The van der Waals surface area contributed by atoms with Crippen molar-refractivity contribution in [3.8, 4) is 0 Å². The standard InChI is InChI=1S/C22H26N4O3.C21H26N2O2S/c1-15-4-5-19(17(3)12-15)24-6-8-25(9-7-24)21(27)18-14-23-20(13-16(18)2)26-10-11-29-22(26)28;24-14-10-18-8-5-13-23(16-18)21(25)19-9-4-12-22-20(19)26-15-11-17-6-2-1-3-7-17/h4-5,12-14H,6-11H2,1-3H3;1-4,6-7,9,12,18,24H,5,8,10-11,13-16H2. The van der Waals surface area contributed by atoms with E-state index in [1.807, 2.05) is 34.9 Å². The van der Waals surface area contributed by atoms with Gasteiger partial charge in [-0.05, 0) is 93.3 Å². The van der Waals surface area contributed by atoms with Gasteiger partial charge in [0.25, 0.3) is 11.8 Å². The minimum absolute atomic E-state index is 0.00849. The lowest BCUT2D eigenvalue weighted by Crippen LogP contribution is -2.49. The Hall–Kier alpha value is -4.94. The molecule has 3 saturated heterocycles. The first-order valence-electron chi connectivity index (χ1n) is 19.3. The number of pyridine rings is 2. The van der Waals surface area contributed by atoms with Crippen LogP contribution in [0.25, 0.3) is 0 Å². The molecule has 3 amide bonds. The molecule has 0 aliphatic carbocycles. The third kappa shape index (κ3) is 10.2. The summed E-state index contributed by atoms with van der Waals surface area (Å²) in [6, 6.07) is 22.4. The molecule has 12 heteroatoms. The number of piperazine rings is 1. The number of piperidine rings is 1.